The van der Waals surface area contributed by atoms with Crippen LogP contribution >= 0.6 is 23.2 Å². The predicted octanol–water partition coefficient (Wildman–Crippen LogP) is 2.77. The zero-order valence-electron chi connectivity index (χ0n) is 6.01. The van der Waals surface area contributed by atoms with Crippen LogP contribution in [-0.2, 0) is 6.42 Å². The van der Waals surface area contributed by atoms with Crippen molar-refractivity contribution in [2.45, 2.75) is 6.42 Å². The maximum absolute atomic E-state index is 9.34. The molecule has 62 valence electrons. The molecule has 0 aromatic heterocycles. The van der Waals surface area contributed by atoms with Crippen molar-refractivity contribution in [3.05, 3.63) is 27.7 Å². The van der Waals surface area contributed by atoms with E-state index in [2.05, 4.69) is 0 Å². The highest BCUT2D eigenvalue weighted by atomic mass is 35.5. The highest BCUT2D eigenvalue weighted by molar-refractivity contribution is 6.34. The smallest absolute Gasteiger partial charge is 0.139 e. The number of halogens is 2. The molecule has 1 rings (SSSR count). The van der Waals surface area contributed by atoms with E-state index < -0.39 is 0 Å². The van der Waals surface area contributed by atoms with Gasteiger partial charge >= 0.3 is 0 Å². The largest absolute Gasteiger partial charge is 0.506 e. The van der Waals surface area contributed by atoms with Gasteiger partial charge in [0.2, 0.25) is 0 Å². The monoisotopic (exact) mass is 201 g/mol. The van der Waals surface area contributed by atoms with Crippen molar-refractivity contribution in [1.82, 2.24) is 0 Å². The number of phenols is 1. The Balaban J connectivity index is 3.25. The first-order valence-electron chi connectivity index (χ1n) is 3.19. The van der Waals surface area contributed by atoms with Crippen molar-refractivity contribution in [3.63, 3.8) is 0 Å². The maximum Gasteiger partial charge on any atom is 0.139 e. The van der Waals surface area contributed by atoms with Crippen LogP contribution in [0.3, 0.4) is 0 Å². The molecule has 0 aliphatic rings. The minimum atomic E-state index is -0.106. The zero-order valence-corrected chi connectivity index (χ0v) is 7.52. The summed E-state index contributed by atoms with van der Waals surface area (Å²) in [5.74, 6) is -0.106. The van der Waals surface area contributed by atoms with Gasteiger partial charge in [-0.3, -0.25) is 0 Å². The molecule has 0 spiro atoms. The summed E-state index contributed by atoms with van der Waals surface area (Å²) in [5.41, 5.74) is 0.381. The third-order valence-electron chi connectivity index (χ3n) is 1.43. The third kappa shape index (κ3) is 1.63. The Morgan fingerprint density at radius 3 is 2.50 bits per heavy atom. The summed E-state index contributed by atoms with van der Waals surface area (Å²) >= 11 is 11.3. The first-order valence-corrected chi connectivity index (χ1v) is 3.95. The van der Waals surface area contributed by atoms with Gasteiger partial charge in [0.1, 0.15) is 5.75 Å². The molecule has 1 aromatic rings. The van der Waals surface area contributed by atoms with Gasteiger partial charge in [0.25, 0.3) is 0 Å². The van der Waals surface area contributed by atoms with Crippen molar-refractivity contribution in [2.75, 3.05) is 0 Å². The summed E-state index contributed by atoms with van der Waals surface area (Å²) in [7, 11) is 0. The van der Waals surface area contributed by atoms with Gasteiger partial charge in [-0.1, -0.05) is 23.2 Å². The van der Waals surface area contributed by atoms with Crippen LogP contribution in [-0.4, -0.2) is 5.11 Å². The maximum atomic E-state index is 9.34. The average molecular weight is 202 g/mol. The van der Waals surface area contributed by atoms with Crippen molar-refractivity contribution >= 4 is 23.2 Å². The molecule has 0 radical (unpaired) electrons. The lowest BCUT2D eigenvalue weighted by atomic mass is 10.1. The van der Waals surface area contributed by atoms with Crippen LogP contribution in [0.25, 0.3) is 0 Å². The molecule has 1 aromatic carbocycles. The molecule has 1 N–H and O–H groups in total. The Morgan fingerprint density at radius 2 is 1.92 bits per heavy atom. The van der Waals surface area contributed by atoms with Gasteiger partial charge in [0.15, 0.2) is 0 Å². The number of hydrogen-bond donors (Lipinski definition) is 1. The molecule has 0 amide bonds. The van der Waals surface area contributed by atoms with E-state index in [-0.39, 0.29) is 17.2 Å². The Labute approximate surface area is 80.0 Å². The number of nitrogens with zero attached hydrogens (tertiary/aromatic N) is 1. The fourth-order valence-corrected chi connectivity index (χ4v) is 1.23. The van der Waals surface area contributed by atoms with Crippen LogP contribution in [0, 0.1) is 11.3 Å². The molecular formula is C8H5Cl2NO. The minimum absolute atomic E-state index is 0.0607. The summed E-state index contributed by atoms with van der Waals surface area (Å²) in [4.78, 5) is 0. The summed E-state index contributed by atoms with van der Waals surface area (Å²) in [6.07, 6.45) is 0.0607. The van der Waals surface area contributed by atoms with Gasteiger partial charge in [0, 0.05) is 10.6 Å². The lowest BCUT2D eigenvalue weighted by molar-refractivity contribution is 0.470. The summed E-state index contributed by atoms with van der Waals surface area (Å²) in [5, 5.41) is 18.3. The molecule has 2 nitrogen and oxygen atoms in total. The van der Waals surface area contributed by atoms with Crippen LogP contribution in [0.1, 0.15) is 5.56 Å². The number of rotatable bonds is 1. The van der Waals surface area contributed by atoms with Crippen molar-refractivity contribution in [2.24, 2.45) is 0 Å². The quantitative estimate of drug-likeness (QED) is 0.760. The lowest BCUT2D eigenvalue weighted by Crippen LogP contribution is -1.85. The second-order valence-electron chi connectivity index (χ2n) is 2.19. The van der Waals surface area contributed by atoms with E-state index in [0.29, 0.717) is 10.6 Å². The van der Waals surface area contributed by atoms with E-state index in [1.807, 2.05) is 6.07 Å². The fourth-order valence-electron chi connectivity index (χ4n) is 0.830. The summed E-state index contributed by atoms with van der Waals surface area (Å²) in [6, 6.07) is 4.93. The molecule has 0 saturated heterocycles. The molecule has 0 aliphatic heterocycles. The molecule has 0 fully saturated rings. The van der Waals surface area contributed by atoms with Crippen molar-refractivity contribution < 1.29 is 5.11 Å². The average Bonchev–Trinajstić information content (AvgIpc) is 2.06. The molecule has 0 saturated carbocycles. The van der Waals surface area contributed by atoms with Gasteiger partial charge in [-0.25, -0.2) is 0 Å². The van der Waals surface area contributed by atoms with Crippen molar-refractivity contribution in [3.8, 4) is 11.8 Å². The number of hydrogen-bond acceptors (Lipinski definition) is 2. The van der Waals surface area contributed by atoms with E-state index in [1.165, 1.54) is 6.07 Å². The highest BCUT2D eigenvalue weighted by Gasteiger charge is 2.08. The first kappa shape index (κ1) is 9.18. The normalized spacial score (nSPS) is 9.42. The van der Waals surface area contributed by atoms with Gasteiger partial charge in [-0.05, 0) is 12.1 Å². The van der Waals surface area contributed by atoms with Gasteiger partial charge in [-0.2, -0.15) is 5.26 Å². The van der Waals surface area contributed by atoms with E-state index in [0.717, 1.165) is 0 Å². The Hall–Kier alpha value is -0.910. The Kier molecular flexibility index (Phi) is 2.80. The molecule has 0 bridgehead atoms. The number of benzene rings is 1. The molecule has 12 heavy (non-hydrogen) atoms. The topological polar surface area (TPSA) is 44.0 Å². The predicted molar refractivity (Wildman–Crippen MR) is 47.4 cm³/mol. The van der Waals surface area contributed by atoms with E-state index >= 15 is 0 Å². The van der Waals surface area contributed by atoms with Crippen LogP contribution in [0.2, 0.25) is 10.0 Å². The zero-order chi connectivity index (χ0) is 9.14. The first-order chi connectivity index (χ1) is 5.66. The van der Waals surface area contributed by atoms with Gasteiger partial charge in [-0.15, -0.1) is 0 Å². The molecule has 0 unspecified atom stereocenters. The van der Waals surface area contributed by atoms with E-state index in [1.54, 1.807) is 6.07 Å². The van der Waals surface area contributed by atoms with Crippen LogP contribution < -0.4 is 0 Å². The SMILES string of the molecule is N#CCc1c(Cl)ccc(Cl)c1O. The second kappa shape index (κ2) is 3.66. The van der Waals surface area contributed by atoms with Crippen LogP contribution in [0.5, 0.6) is 5.75 Å². The fraction of sp³-hybridized carbons (Fsp3) is 0.125. The minimum Gasteiger partial charge on any atom is -0.506 e. The Bertz CT molecular complexity index is 344. The molecule has 0 heterocycles. The lowest BCUT2D eigenvalue weighted by Gasteiger charge is -2.03. The van der Waals surface area contributed by atoms with E-state index in [9.17, 15) is 5.11 Å². The molecule has 0 atom stereocenters. The van der Waals surface area contributed by atoms with Crippen LogP contribution in [0.4, 0.5) is 0 Å². The number of phenolic OH excluding ortho intramolecular Hbond substituents is 1. The molecular weight excluding hydrogens is 197 g/mol. The number of nitriles is 1. The summed E-state index contributed by atoms with van der Waals surface area (Å²) < 4.78 is 0. The van der Waals surface area contributed by atoms with Crippen molar-refractivity contribution in [1.29, 1.82) is 5.26 Å². The van der Waals surface area contributed by atoms with Crippen LogP contribution in [0.15, 0.2) is 12.1 Å². The molecule has 0 aliphatic carbocycles. The highest BCUT2D eigenvalue weighted by Crippen LogP contribution is 2.32. The second-order valence-corrected chi connectivity index (χ2v) is 3.01. The Morgan fingerprint density at radius 1 is 1.33 bits per heavy atom. The summed E-state index contributed by atoms with van der Waals surface area (Å²) in [6.45, 7) is 0. The van der Waals surface area contributed by atoms with Gasteiger partial charge < -0.3 is 5.11 Å². The van der Waals surface area contributed by atoms with E-state index in [4.69, 9.17) is 28.5 Å². The third-order valence-corrected chi connectivity index (χ3v) is 2.09. The number of aromatic hydroxyl groups is 1. The standard InChI is InChI=1S/C8H5Cl2NO/c9-6-1-2-7(10)8(12)5(6)3-4-11/h1-2,12H,3H2. The molecule has 4 heteroatoms. The van der Waals surface area contributed by atoms with Gasteiger partial charge in [0.05, 0.1) is 17.5 Å².